The molecule has 1 aliphatic rings. The normalized spacial score (nSPS) is 16.9. The van der Waals surface area contributed by atoms with Crippen LogP contribution in [0.2, 0.25) is 0 Å². The van der Waals surface area contributed by atoms with Crippen molar-refractivity contribution in [1.82, 2.24) is 0 Å². The number of nitrogens with zero attached hydrogens (tertiary/aromatic N) is 1. The minimum atomic E-state index is 0.106. The Morgan fingerprint density at radius 2 is 2.36 bits per heavy atom. The van der Waals surface area contributed by atoms with Gasteiger partial charge in [-0.05, 0) is 28.9 Å². The van der Waals surface area contributed by atoms with E-state index >= 15 is 0 Å². The second kappa shape index (κ2) is 3.62. The van der Waals surface area contributed by atoms with Crippen LogP contribution >= 0.6 is 15.9 Å². The van der Waals surface area contributed by atoms with Crippen molar-refractivity contribution < 1.29 is 4.79 Å². The number of carbonyl (C=O) groups excluding carboxylic acids is 1. The molecule has 58 valence electrons. The number of ketones is 1. The van der Waals surface area contributed by atoms with Crippen LogP contribution in [0.5, 0.6) is 0 Å². The fraction of sp³-hybridized carbons (Fsp3) is 0.250. The van der Waals surface area contributed by atoms with E-state index in [1.165, 1.54) is 0 Å². The first-order chi connectivity index (χ1) is 5.20. The van der Waals surface area contributed by atoms with Gasteiger partial charge in [-0.25, -0.2) is 0 Å². The zero-order chi connectivity index (χ0) is 8.27. The smallest absolute Gasteiger partial charge is 0.156 e. The highest BCUT2D eigenvalue weighted by Gasteiger charge is 2.02. The molecule has 0 saturated heterocycles. The first-order valence-electron chi connectivity index (χ1n) is 3.30. The molecule has 0 spiro atoms. The third-order valence-corrected chi connectivity index (χ3v) is 1.87. The van der Waals surface area contributed by atoms with Gasteiger partial charge in [-0.1, -0.05) is 6.08 Å². The van der Waals surface area contributed by atoms with Crippen molar-refractivity contribution in [3.8, 4) is 0 Å². The Morgan fingerprint density at radius 3 is 3.00 bits per heavy atom. The van der Waals surface area contributed by atoms with Crippen LogP contribution in [0.25, 0.3) is 0 Å². The number of Topliss-reactive ketones (excluding diaryl/α,β-unsaturated/α-hetero) is 1. The summed E-state index contributed by atoms with van der Waals surface area (Å²) in [6.45, 7) is 1.56. The first-order valence-corrected chi connectivity index (χ1v) is 4.09. The molecule has 0 N–H and O–H groups in total. The van der Waals surface area contributed by atoms with Crippen LogP contribution in [0.4, 0.5) is 0 Å². The van der Waals surface area contributed by atoms with E-state index in [1.54, 1.807) is 25.3 Å². The number of hydrogen-bond acceptors (Lipinski definition) is 2. The molecule has 2 nitrogen and oxygen atoms in total. The molecule has 0 fully saturated rings. The molecule has 0 amide bonds. The number of rotatable bonds is 1. The van der Waals surface area contributed by atoms with Crippen LogP contribution in [0.3, 0.4) is 0 Å². The molecular weight excluding hydrogens is 206 g/mol. The molecule has 0 radical (unpaired) electrons. The maximum atomic E-state index is 10.9. The molecule has 0 aliphatic carbocycles. The monoisotopic (exact) mass is 213 g/mol. The predicted molar refractivity (Wildman–Crippen MR) is 48.9 cm³/mol. The van der Waals surface area contributed by atoms with Crippen LogP contribution in [0.15, 0.2) is 27.3 Å². The van der Waals surface area contributed by atoms with E-state index in [0.717, 1.165) is 10.2 Å². The Hall–Kier alpha value is -0.700. The second-order valence-electron chi connectivity index (χ2n) is 2.25. The van der Waals surface area contributed by atoms with Gasteiger partial charge in [0.25, 0.3) is 0 Å². The molecular formula is C8H8BrNO. The lowest BCUT2D eigenvalue weighted by Crippen LogP contribution is -1.95. The Balaban J connectivity index is 2.86. The second-order valence-corrected chi connectivity index (χ2v) is 3.07. The van der Waals surface area contributed by atoms with E-state index in [9.17, 15) is 4.79 Å². The summed E-state index contributed by atoms with van der Waals surface area (Å²) >= 11 is 3.22. The molecule has 11 heavy (non-hydrogen) atoms. The predicted octanol–water partition coefficient (Wildman–Crippen LogP) is 2.21. The van der Waals surface area contributed by atoms with Gasteiger partial charge in [-0.2, -0.15) is 0 Å². The summed E-state index contributed by atoms with van der Waals surface area (Å²) < 4.78 is 0.758. The van der Waals surface area contributed by atoms with Crippen molar-refractivity contribution >= 4 is 27.9 Å². The lowest BCUT2D eigenvalue weighted by molar-refractivity contribution is -0.113. The number of hydrogen-bond donors (Lipinski definition) is 0. The van der Waals surface area contributed by atoms with Gasteiger partial charge in [0.05, 0.1) is 0 Å². The Morgan fingerprint density at radius 1 is 1.64 bits per heavy atom. The van der Waals surface area contributed by atoms with Crippen molar-refractivity contribution in [1.29, 1.82) is 0 Å². The van der Waals surface area contributed by atoms with Crippen LogP contribution in [0.1, 0.15) is 13.3 Å². The Bertz CT molecular complexity index is 263. The first kappa shape index (κ1) is 8.40. The Kier molecular flexibility index (Phi) is 2.76. The van der Waals surface area contributed by atoms with Crippen LogP contribution in [-0.2, 0) is 4.79 Å². The number of allylic oxidation sites excluding steroid dienone is 3. The van der Waals surface area contributed by atoms with Crippen molar-refractivity contribution in [2.24, 2.45) is 4.99 Å². The molecule has 0 aromatic rings. The van der Waals surface area contributed by atoms with Gasteiger partial charge >= 0.3 is 0 Å². The van der Waals surface area contributed by atoms with Crippen molar-refractivity contribution in [3.63, 3.8) is 0 Å². The van der Waals surface area contributed by atoms with E-state index < -0.39 is 0 Å². The fourth-order valence-electron chi connectivity index (χ4n) is 0.773. The van der Waals surface area contributed by atoms with Crippen molar-refractivity contribution in [3.05, 3.63) is 22.3 Å². The molecule has 0 aromatic carbocycles. The van der Waals surface area contributed by atoms with Gasteiger partial charge in [0.2, 0.25) is 0 Å². The van der Waals surface area contributed by atoms with Gasteiger partial charge in [0.1, 0.15) is 4.61 Å². The van der Waals surface area contributed by atoms with Gasteiger partial charge in [0, 0.05) is 18.2 Å². The van der Waals surface area contributed by atoms with E-state index in [-0.39, 0.29) is 5.78 Å². The highest BCUT2D eigenvalue weighted by molar-refractivity contribution is 9.11. The quantitative estimate of drug-likeness (QED) is 0.615. The molecule has 3 heteroatoms. The minimum Gasteiger partial charge on any atom is -0.295 e. The largest absolute Gasteiger partial charge is 0.295 e. The average molecular weight is 214 g/mol. The van der Waals surface area contributed by atoms with Crippen LogP contribution < -0.4 is 0 Å². The summed E-state index contributed by atoms with van der Waals surface area (Å²) in [5.74, 6) is 0.106. The van der Waals surface area contributed by atoms with E-state index in [4.69, 9.17) is 0 Å². The third kappa shape index (κ3) is 2.42. The number of halogens is 1. The Labute approximate surface area is 73.8 Å². The van der Waals surface area contributed by atoms with Crippen molar-refractivity contribution in [2.75, 3.05) is 0 Å². The SMILES string of the molecule is CC(=O)C1=CC=C(Br)N=CC1. The lowest BCUT2D eigenvalue weighted by Gasteiger charge is -1.92. The summed E-state index contributed by atoms with van der Waals surface area (Å²) in [7, 11) is 0. The van der Waals surface area contributed by atoms with Crippen molar-refractivity contribution in [2.45, 2.75) is 13.3 Å². The molecule has 1 rings (SSSR count). The molecule has 0 bridgehead atoms. The molecule has 0 aromatic heterocycles. The molecule has 1 aliphatic heterocycles. The zero-order valence-corrected chi connectivity index (χ0v) is 7.76. The molecule has 1 heterocycles. The molecule has 0 atom stereocenters. The van der Waals surface area contributed by atoms with Gasteiger partial charge < -0.3 is 0 Å². The highest BCUT2D eigenvalue weighted by Crippen LogP contribution is 2.12. The zero-order valence-electron chi connectivity index (χ0n) is 6.17. The van der Waals surface area contributed by atoms with E-state index in [2.05, 4.69) is 20.9 Å². The van der Waals surface area contributed by atoms with Gasteiger partial charge in [-0.3, -0.25) is 9.79 Å². The maximum Gasteiger partial charge on any atom is 0.156 e. The summed E-state index contributed by atoms with van der Waals surface area (Å²) in [5.41, 5.74) is 0.795. The van der Waals surface area contributed by atoms with Gasteiger partial charge in [-0.15, -0.1) is 0 Å². The van der Waals surface area contributed by atoms with E-state index in [1.807, 2.05) is 0 Å². The van der Waals surface area contributed by atoms with Crippen LogP contribution in [0, 0.1) is 0 Å². The van der Waals surface area contributed by atoms with Gasteiger partial charge in [0.15, 0.2) is 5.78 Å². The summed E-state index contributed by atoms with van der Waals surface area (Å²) in [5, 5.41) is 0. The van der Waals surface area contributed by atoms with E-state index in [0.29, 0.717) is 6.42 Å². The number of carbonyl (C=O) groups is 1. The average Bonchev–Trinajstić information content (AvgIpc) is 2.13. The minimum absolute atomic E-state index is 0.106. The fourth-order valence-corrected chi connectivity index (χ4v) is 1.05. The summed E-state index contributed by atoms with van der Waals surface area (Å²) in [6.07, 6.45) is 5.92. The topological polar surface area (TPSA) is 29.4 Å². The summed E-state index contributed by atoms with van der Waals surface area (Å²) in [6, 6.07) is 0. The molecule has 0 saturated carbocycles. The maximum absolute atomic E-state index is 10.9. The molecule has 0 unspecified atom stereocenters. The van der Waals surface area contributed by atoms with Crippen LogP contribution in [-0.4, -0.2) is 12.0 Å². The number of aliphatic imine (C=N–C) groups is 1. The highest BCUT2D eigenvalue weighted by atomic mass is 79.9. The third-order valence-electron chi connectivity index (χ3n) is 1.40. The lowest BCUT2D eigenvalue weighted by atomic mass is 10.1. The summed E-state index contributed by atoms with van der Waals surface area (Å²) in [4.78, 5) is 14.9. The standard InChI is InChI=1S/C8H8BrNO/c1-6(11)7-2-3-8(9)10-5-4-7/h2-3,5H,4H2,1H3.